The molecule has 6 nitrogen and oxygen atoms in total. The van der Waals surface area contributed by atoms with Crippen molar-refractivity contribution in [3.63, 3.8) is 0 Å². The van der Waals surface area contributed by atoms with Gasteiger partial charge in [0.1, 0.15) is 11.8 Å². The van der Waals surface area contributed by atoms with Gasteiger partial charge in [-0.25, -0.2) is 9.50 Å². The maximum absolute atomic E-state index is 6.27. The molecular weight excluding hydrogens is 452 g/mol. The van der Waals surface area contributed by atoms with Crippen LogP contribution in [0.3, 0.4) is 0 Å². The van der Waals surface area contributed by atoms with Crippen molar-refractivity contribution in [1.29, 1.82) is 0 Å². The number of hydrogen-bond acceptors (Lipinski definition) is 4. The van der Waals surface area contributed by atoms with Gasteiger partial charge in [-0.2, -0.15) is 10.2 Å². The minimum atomic E-state index is 0.497. The van der Waals surface area contributed by atoms with Crippen molar-refractivity contribution in [2.45, 2.75) is 25.8 Å². The van der Waals surface area contributed by atoms with Gasteiger partial charge in [-0.3, -0.25) is 4.68 Å². The smallest absolute Gasteiger partial charge is 0.151 e. The van der Waals surface area contributed by atoms with Crippen LogP contribution < -0.4 is 5.73 Å². The molecular formula is C24H23BrN6. The number of anilines is 1. The normalized spacial score (nSPS) is 11.5. The number of alkyl halides is 1. The van der Waals surface area contributed by atoms with E-state index in [9.17, 15) is 0 Å². The number of nitrogen functional groups attached to an aromatic ring is 1. The largest absolute Gasteiger partial charge is 0.382 e. The van der Waals surface area contributed by atoms with Gasteiger partial charge in [-0.1, -0.05) is 52.3 Å². The summed E-state index contributed by atoms with van der Waals surface area (Å²) >= 11 is 3.51. The summed E-state index contributed by atoms with van der Waals surface area (Å²) in [6, 6.07) is 18.9. The number of halogens is 1. The Morgan fingerprint density at radius 2 is 1.87 bits per heavy atom. The third-order valence-corrected chi connectivity index (χ3v) is 6.08. The summed E-state index contributed by atoms with van der Waals surface area (Å²) in [5, 5.41) is 11.3. The number of rotatable bonds is 7. The van der Waals surface area contributed by atoms with Crippen molar-refractivity contribution in [2.24, 2.45) is 0 Å². The predicted molar refractivity (Wildman–Crippen MR) is 128 cm³/mol. The number of nitrogens with zero attached hydrogens (tertiary/aromatic N) is 5. The van der Waals surface area contributed by atoms with Gasteiger partial charge in [-0.15, -0.1) is 0 Å². The van der Waals surface area contributed by atoms with E-state index >= 15 is 0 Å². The number of fused-ring (bicyclic) bond motifs is 2. The molecule has 0 spiro atoms. The van der Waals surface area contributed by atoms with Crippen LogP contribution in [0.4, 0.5) is 5.82 Å². The van der Waals surface area contributed by atoms with E-state index < -0.39 is 0 Å². The molecule has 0 aliphatic carbocycles. The first-order chi connectivity index (χ1) is 15.2. The molecule has 0 atom stereocenters. The highest BCUT2D eigenvalue weighted by molar-refractivity contribution is 9.09. The fourth-order valence-corrected chi connectivity index (χ4v) is 4.42. The Hall–Kier alpha value is -3.19. The zero-order valence-corrected chi connectivity index (χ0v) is 18.7. The highest BCUT2D eigenvalue weighted by atomic mass is 79.9. The van der Waals surface area contributed by atoms with Crippen LogP contribution in [0.5, 0.6) is 0 Å². The number of nitrogens with two attached hydrogens (primary N) is 1. The van der Waals surface area contributed by atoms with E-state index in [0.717, 1.165) is 64.4 Å². The lowest BCUT2D eigenvalue weighted by molar-refractivity contribution is 0.696. The Bertz CT molecular complexity index is 1340. The summed E-state index contributed by atoms with van der Waals surface area (Å²) in [5.41, 5.74) is 12.7. The van der Waals surface area contributed by atoms with Gasteiger partial charge in [0.05, 0.1) is 12.1 Å². The molecule has 2 aromatic carbocycles. The molecule has 0 aliphatic heterocycles. The zero-order valence-electron chi connectivity index (χ0n) is 17.1. The van der Waals surface area contributed by atoms with E-state index in [4.69, 9.17) is 10.8 Å². The molecule has 2 N–H and O–H groups in total. The Morgan fingerprint density at radius 1 is 1.00 bits per heavy atom. The molecule has 0 aliphatic rings. The van der Waals surface area contributed by atoms with Crippen LogP contribution in [0.2, 0.25) is 0 Å². The van der Waals surface area contributed by atoms with Crippen LogP contribution in [0.1, 0.15) is 24.1 Å². The molecule has 3 heterocycles. The highest BCUT2D eigenvalue weighted by Crippen LogP contribution is 2.32. The molecule has 31 heavy (non-hydrogen) atoms. The molecule has 0 radical (unpaired) electrons. The second kappa shape index (κ2) is 8.51. The Labute approximate surface area is 188 Å². The molecule has 156 valence electrons. The second-order valence-corrected chi connectivity index (χ2v) is 8.48. The van der Waals surface area contributed by atoms with E-state index in [1.54, 1.807) is 0 Å². The number of hydrogen-bond donors (Lipinski definition) is 1. The molecule has 0 amide bonds. The standard InChI is InChI=1S/C24H23BrN6/c25-11-5-4-8-20-13-21(23-24(26)27-16-28-31(20)23)18-9-10-22-19(12-18)15-30(29-22)14-17-6-2-1-3-7-17/h1-3,6-7,9-10,12-13,15-16H,4-5,8,11,14H2,(H2,26,27,28). The van der Waals surface area contributed by atoms with E-state index in [0.29, 0.717) is 5.82 Å². The molecule has 7 heteroatoms. The summed E-state index contributed by atoms with van der Waals surface area (Å²) in [4.78, 5) is 4.24. The molecule has 0 unspecified atom stereocenters. The van der Waals surface area contributed by atoms with Crippen molar-refractivity contribution >= 4 is 38.2 Å². The SMILES string of the molecule is Nc1ncnn2c(CCCCBr)cc(-c3ccc4nn(Cc5ccccc5)cc4c3)c12. The fraction of sp³-hybridized carbons (Fsp3) is 0.208. The Morgan fingerprint density at radius 3 is 2.71 bits per heavy atom. The molecule has 0 saturated heterocycles. The lowest BCUT2D eigenvalue weighted by Gasteiger charge is -2.03. The number of aromatic nitrogens is 5. The first-order valence-electron chi connectivity index (χ1n) is 10.4. The number of aryl methyl sites for hydroxylation is 1. The number of benzene rings is 2. The second-order valence-electron chi connectivity index (χ2n) is 7.69. The fourth-order valence-electron chi connectivity index (χ4n) is 4.03. The zero-order chi connectivity index (χ0) is 21.2. The Kier molecular flexibility index (Phi) is 5.42. The Balaban J connectivity index is 1.54. The maximum atomic E-state index is 6.27. The molecule has 0 fully saturated rings. The summed E-state index contributed by atoms with van der Waals surface area (Å²) in [6.45, 7) is 0.749. The van der Waals surface area contributed by atoms with Crippen LogP contribution in [-0.2, 0) is 13.0 Å². The monoisotopic (exact) mass is 474 g/mol. The average molecular weight is 475 g/mol. The van der Waals surface area contributed by atoms with E-state index in [1.807, 2.05) is 15.3 Å². The van der Waals surface area contributed by atoms with Crippen LogP contribution in [-0.4, -0.2) is 29.7 Å². The van der Waals surface area contributed by atoms with E-state index in [2.05, 4.69) is 80.7 Å². The summed E-state index contributed by atoms with van der Waals surface area (Å²) in [5.74, 6) is 0.497. The minimum absolute atomic E-state index is 0.497. The minimum Gasteiger partial charge on any atom is -0.382 e. The lowest BCUT2D eigenvalue weighted by Crippen LogP contribution is -2.02. The quantitative estimate of drug-likeness (QED) is 0.263. The molecule has 3 aromatic heterocycles. The third-order valence-electron chi connectivity index (χ3n) is 5.52. The lowest BCUT2D eigenvalue weighted by atomic mass is 10.0. The molecule has 5 rings (SSSR count). The molecule has 0 saturated carbocycles. The van der Waals surface area contributed by atoms with Crippen molar-refractivity contribution in [1.82, 2.24) is 24.4 Å². The summed E-state index contributed by atoms with van der Waals surface area (Å²) in [6.07, 6.45) is 6.78. The van der Waals surface area contributed by atoms with Crippen molar-refractivity contribution in [3.8, 4) is 11.1 Å². The van der Waals surface area contributed by atoms with Crippen molar-refractivity contribution in [2.75, 3.05) is 11.1 Å². The van der Waals surface area contributed by atoms with Gasteiger partial charge >= 0.3 is 0 Å². The third kappa shape index (κ3) is 3.93. The van der Waals surface area contributed by atoms with Crippen molar-refractivity contribution in [3.05, 3.63) is 78.4 Å². The van der Waals surface area contributed by atoms with Crippen LogP contribution in [0, 0.1) is 0 Å². The first-order valence-corrected chi connectivity index (χ1v) is 11.5. The van der Waals surface area contributed by atoms with Gasteiger partial charge in [0.15, 0.2) is 5.82 Å². The predicted octanol–water partition coefficient (Wildman–Crippen LogP) is 5.09. The average Bonchev–Trinajstić information content (AvgIpc) is 3.36. The van der Waals surface area contributed by atoms with Crippen LogP contribution >= 0.6 is 15.9 Å². The topological polar surface area (TPSA) is 74.0 Å². The van der Waals surface area contributed by atoms with Gasteiger partial charge in [-0.05, 0) is 48.6 Å². The van der Waals surface area contributed by atoms with Crippen LogP contribution in [0.15, 0.2) is 67.1 Å². The van der Waals surface area contributed by atoms with Crippen molar-refractivity contribution < 1.29 is 0 Å². The van der Waals surface area contributed by atoms with Gasteiger partial charge < -0.3 is 5.73 Å². The van der Waals surface area contributed by atoms with Crippen LogP contribution in [0.25, 0.3) is 27.5 Å². The summed E-state index contributed by atoms with van der Waals surface area (Å²) < 4.78 is 3.93. The van der Waals surface area contributed by atoms with Gasteiger partial charge in [0.2, 0.25) is 0 Å². The first kappa shape index (κ1) is 19.8. The van der Waals surface area contributed by atoms with E-state index in [-0.39, 0.29) is 0 Å². The van der Waals surface area contributed by atoms with Gasteiger partial charge in [0.25, 0.3) is 0 Å². The maximum Gasteiger partial charge on any atom is 0.151 e. The van der Waals surface area contributed by atoms with E-state index in [1.165, 1.54) is 11.9 Å². The molecule has 0 bridgehead atoms. The molecule has 5 aromatic rings. The van der Waals surface area contributed by atoms with Gasteiger partial charge in [0, 0.05) is 28.2 Å². The summed E-state index contributed by atoms with van der Waals surface area (Å²) in [7, 11) is 0. The number of unbranched alkanes of at least 4 members (excludes halogenated alkanes) is 1. The highest BCUT2D eigenvalue weighted by Gasteiger charge is 2.16.